The van der Waals surface area contributed by atoms with Crippen LogP contribution in [0.2, 0.25) is 0 Å². The van der Waals surface area contributed by atoms with Crippen LogP contribution in [0.4, 0.5) is 0 Å². The van der Waals surface area contributed by atoms with Crippen LogP contribution in [0, 0.1) is 0 Å². The lowest BCUT2D eigenvalue weighted by molar-refractivity contribution is -0.0491. The zero-order valence-corrected chi connectivity index (χ0v) is 12.4. The molecular formula is C16H25N3O. The molecule has 1 N–H and O–H groups in total. The van der Waals surface area contributed by atoms with Crippen molar-refractivity contribution in [2.45, 2.75) is 69.6 Å². The molecule has 0 amide bonds. The van der Waals surface area contributed by atoms with Crippen LogP contribution in [-0.2, 0) is 11.3 Å². The maximum absolute atomic E-state index is 6.45. The zero-order chi connectivity index (χ0) is 13.6. The average molecular weight is 275 g/mol. The van der Waals surface area contributed by atoms with Gasteiger partial charge in [-0.15, -0.1) is 0 Å². The number of aromatic nitrogens is 2. The van der Waals surface area contributed by atoms with Gasteiger partial charge in [0.05, 0.1) is 17.9 Å². The van der Waals surface area contributed by atoms with Crippen LogP contribution in [-0.4, -0.2) is 39.9 Å². The van der Waals surface area contributed by atoms with Gasteiger partial charge in [-0.25, -0.2) is 0 Å². The maximum atomic E-state index is 6.45. The molecule has 1 aromatic rings. The Balaban J connectivity index is 1.39. The summed E-state index contributed by atoms with van der Waals surface area (Å²) >= 11 is 0. The zero-order valence-electron chi connectivity index (χ0n) is 12.4. The van der Waals surface area contributed by atoms with Crippen LogP contribution in [0.3, 0.4) is 0 Å². The van der Waals surface area contributed by atoms with E-state index in [9.17, 15) is 0 Å². The van der Waals surface area contributed by atoms with Crippen molar-refractivity contribution in [2.75, 3.05) is 13.1 Å². The third-order valence-electron chi connectivity index (χ3n) is 5.49. The molecule has 2 aliphatic heterocycles. The van der Waals surface area contributed by atoms with Crippen LogP contribution < -0.4 is 0 Å². The minimum atomic E-state index is 0.271. The van der Waals surface area contributed by atoms with Gasteiger partial charge in [-0.05, 0) is 25.7 Å². The van der Waals surface area contributed by atoms with Crippen LogP contribution in [0.5, 0.6) is 0 Å². The van der Waals surface area contributed by atoms with Gasteiger partial charge < -0.3 is 4.74 Å². The summed E-state index contributed by atoms with van der Waals surface area (Å²) in [6.45, 7) is 5.54. The molecule has 2 atom stereocenters. The summed E-state index contributed by atoms with van der Waals surface area (Å²) in [4.78, 5) is 2.56. The lowest BCUT2D eigenvalue weighted by Crippen LogP contribution is -2.38. The van der Waals surface area contributed by atoms with Crippen molar-refractivity contribution in [2.24, 2.45) is 0 Å². The number of hydrogen-bond acceptors (Lipinski definition) is 3. The number of hydrogen-bond donors (Lipinski definition) is 1. The molecule has 2 unspecified atom stereocenters. The van der Waals surface area contributed by atoms with Crippen LogP contribution in [0.1, 0.15) is 62.6 Å². The molecule has 1 aromatic heterocycles. The average Bonchev–Trinajstić information content (AvgIpc) is 3.12. The van der Waals surface area contributed by atoms with Crippen molar-refractivity contribution in [3.63, 3.8) is 0 Å². The van der Waals surface area contributed by atoms with Gasteiger partial charge in [0.15, 0.2) is 0 Å². The molecule has 0 bridgehead atoms. The Morgan fingerprint density at radius 3 is 3.10 bits per heavy atom. The summed E-state index contributed by atoms with van der Waals surface area (Å²) < 4.78 is 6.45. The van der Waals surface area contributed by atoms with Gasteiger partial charge in [0.2, 0.25) is 0 Å². The van der Waals surface area contributed by atoms with E-state index in [2.05, 4.69) is 22.0 Å². The van der Waals surface area contributed by atoms with Crippen molar-refractivity contribution >= 4 is 0 Å². The predicted octanol–water partition coefficient (Wildman–Crippen LogP) is 2.82. The second-order valence-electron chi connectivity index (χ2n) is 7.07. The summed E-state index contributed by atoms with van der Waals surface area (Å²) in [6, 6.07) is 0. The first kappa shape index (κ1) is 12.8. The van der Waals surface area contributed by atoms with Gasteiger partial charge >= 0.3 is 0 Å². The van der Waals surface area contributed by atoms with Gasteiger partial charge in [0, 0.05) is 36.8 Å². The minimum Gasteiger partial charge on any atom is -0.370 e. The van der Waals surface area contributed by atoms with Crippen LogP contribution in [0.15, 0.2) is 6.20 Å². The second-order valence-corrected chi connectivity index (χ2v) is 7.07. The maximum Gasteiger partial charge on any atom is 0.0710 e. The monoisotopic (exact) mass is 275 g/mol. The molecule has 1 aliphatic carbocycles. The molecule has 4 nitrogen and oxygen atoms in total. The molecule has 3 heterocycles. The van der Waals surface area contributed by atoms with Crippen molar-refractivity contribution in [1.29, 1.82) is 0 Å². The number of rotatable bonds is 2. The molecule has 3 aliphatic rings. The van der Waals surface area contributed by atoms with Crippen molar-refractivity contribution in [1.82, 2.24) is 15.1 Å². The van der Waals surface area contributed by atoms with E-state index in [4.69, 9.17) is 4.74 Å². The molecular weight excluding hydrogens is 250 g/mol. The van der Waals surface area contributed by atoms with Crippen LogP contribution >= 0.6 is 0 Å². The highest BCUT2D eigenvalue weighted by Gasteiger charge is 2.42. The summed E-state index contributed by atoms with van der Waals surface area (Å²) in [6.07, 6.45) is 10.3. The first-order valence-electron chi connectivity index (χ1n) is 8.16. The normalized spacial score (nSPS) is 32.9. The minimum absolute atomic E-state index is 0.271. The quantitative estimate of drug-likeness (QED) is 0.902. The number of fused-ring (bicyclic) bond motifs is 1. The number of H-pyrrole nitrogens is 1. The number of aromatic amines is 1. The van der Waals surface area contributed by atoms with E-state index in [1.165, 1.54) is 49.8 Å². The smallest absolute Gasteiger partial charge is 0.0710 e. The van der Waals surface area contributed by atoms with E-state index < -0.39 is 0 Å². The Kier molecular flexibility index (Phi) is 3.11. The Morgan fingerprint density at radius 1 is 1.40 bits per heavy atom. The van der Waals surface area contributed by atoms with Gasteiger partial charge in [-0.2, -0.15) is 5.10 Å². The van der Waals surface area contributed by atoms with Gasteiger partial charge in [-0.1, -0.05) is 19.8 Å². The number of nitrogens with one attached hydrogen (secondary N) is 1. The Bertz CT molecular complexity index is 478. The number of nitrogens with zero attached hydrogens (tertiary/aromatic N) is 2. The van der Waals surface area contributed by atoms with E-state index in [1.807, 2.05) is 6.20 Å². The highest BCUT2D eigenvalue weighted by Crippen LogP contribution is 2.43. The van der Waals surface area contributed by atoms with E-state index in [1.54, 1.807) is 0 Å². The SMILES string of the molecule is CC1CN(CC2CCC3(CCCC3)O2)Cc2cn[nH]c21. The summed E-state index contributed by atoms with van der Waals surface area (Å²) in [5, 5.41) is 7.35. The third kappa shape index (κ3) is 2.19. The lowest BCUT2D eigenvalue weighted by atomic mass is 9.97. The fourth-order valence-electron chi connectivity index (χ4n) is 4.50. The van der Waals surface area contributed by atoms with Gasteiger partial charge in [0.25, 0.3) is 0 Å². The summed E-state index contributed by atoms with van der Waals surface area (Å²) in [7, 11) is 0. The number of ether oxygens (including phenoxy) is 1. The first-order valence-corrected chi connectivity index (χ1v) is 8.16. The van der Waals surface area contributed by atoms with Crippen molar-refractivity contribution in [3.05, 3.63) is 17.5 Å². The predicted molar refractivity (Wildman–Crippen MR) is 77.6 cm³/mol. The van der Waals surface area contributed by atoms with Crippen molar-refractivity contribution in [3.8, 4) is 0 Å². The third-order valence-corrected chi connectivity index (χ3v) is 5.49. The highest BCUT2D eigenvalue weighted by atomic mass is 16.5. The molecule has 20 heavy (non-hydrogen) atoms. The standard InChI is InChI=1S/C16H25N3O/c1-12-9-19(10-13-8-17-18-15(12)13)11-14-4-7-16(20-14)5-2-3-6-16/h8,12,14H,2-7,9-11H2,1H3,(H,17,18). The van der Waals surface area contributed by atoms with E-state index in [-0.39, 0.29) is 5.60 Å². The molecule has 1 spiro atoms. The molecule has 0 radical (unpaired) electrons. The molecule has 1 saturated heterocycles. The fourth-order valence-corrected chi connectivity index (χ4v) is 4.50. The van der Waals surface area contributed by atoms with E-state index in [0.717, 1.165) is 19.6 Å². The topological polar surface area (TPSA) is 41.1 Å². The fraction of sp³-hybridized carbons (Fsp3) is 0.812. The van der Waals surface area contributed by atoms with Gasteiger partial charge in [-0.3, -0.25) is 10.00 Å². The van der Waals surface area contributed by atoms with E-state index in [0.29, 0.717) is 12.0 Å². The Labute approximate surface area is 120 Å². The van der Waals surface area contributed by atoms with E-state index >= 15 is 0 Å². The molecule has 4 rings (SSSR count). The second kappa shape index (κ2) is 4.85. The first-order chi connectivity index (χ1) is 9.74. The molecule has 0 aromatic carbocycles. The molecule has 1 saturated carbocycles. The van der Waals surface area contributed by atoms with Crippen molar-refractivity contribution < 1.29 is 4.74 Å². The molecule has 2 fully saturated rings. The van der Waals surface area contributed by atoms with Crippen LogP contribution in [0.25, 0.3) is 0 Å². The Morgan fingerprint density at radius 2 is 2.25 bits per heavy atom. The highest BCUT2D eigenvalue weighted by molar-refractivity contribution is 5.23. The molecule has 4 heteroatoms. The largest absolute Gasteiger partial charge is 0.370 e. The van der Waals surface area contributed by atoms with Gasteiger partial charge in [0.1, 0.15) is 0 Å². The summed E-state index contributed by atoms with van der Waals surface area (Å²) in [5.41, 5.74) is 2.98. The Hall–Kier alpha value is -0.870. The summed E-state index contributed by atoms with van der Waals surface area (Å²) in [5.74, 6) is 0.558. The molecule has 110 valence electrons. The lowest BCUT2D eigenvalue weighted by Gasteiger charge is -2.33.